The van der Waals surface area contributed by atoms with Crippen molar-refractivity contribution in [3.05, 3.63) is 33.3 Å². The highest BCUT2D eigenvalue weighted by molar-refractivity contribution is 7.81. The van der Waals surface area contributed by atoms with Gasteiger partial charge < -0.3 is 4.72 Å². The van der Waals surface area contributed by atoms with E-state index in [1.165, 1.54) is 12.1 Å². The molecule has 64 valence electrons. The van der Waals surface area contributed by atoms with E-state index in [4.69, 9.17) is 11.6 Å². The van der Waals surface area contributed by atoms with Gasteiger partial charge in [0.05, 0.1) is 4.92 Å². The Balaban J connectivity index is 3.21. The zero-order valence-corrected chi connectivity index (χ0v) is 7.47. The molecule has 0 unspecified atom stereocenters. The van der Waals surface area contributed by atoms with Gasteiger partial charge in [0, 0.05) is 11.1 Å². The van der Waals surface area contributed by atoms with Crippen molar-refractivity contribution in [3.8, 4) is 0 Å². The van der Waals surface area contributed by atoms with E-state index in [-0.39, 0.29) is 5.69 Å². The van der Waals surface area contributed by atoms with Crippen LogP contribution in [0.15, 0.2) is 18.2 Å². The van der Waals surface area contributed by atoms with Crippen LogP contribution in [0, 0.1) is 10.1 Å². The van der Waals surface area contributed by atoms with Crippen molar-refractivity contribution in [2.75, 3.05) is 4.72 Å². The molecular formula is C6H5ClN2O2S. The second-order valence-electron chi connectivity index (χ2n) is 2.03. The summed E-state index contributed by atoms with van der Waals surface area (Å²) < 4.78 is 2.40. The first-order chi connectivity index (χ1) is 5.65. The number of anilines is 1. The summed E-state index contributed by atoms with van der Waals surface area (Å²) in [5.41, 5.74) is 0.241. The lowest BCUT2D eigenvalue weighted by Crippen LogP contribution is -1.92. The summed E-state index contributed by atoms with van der Waals surface area (Å²) in [5, 5.41) is 10.7. The first-order valence-electron chi connectivity index (χ1n) is 2.99. The summed E-state index contributed by atoms with van der Waals surface area (Å²) in [6.07, 6.45) is 0. The normalized spacial score (nSPS) is 9.50. The number of nitrogens with one attached hydrogen (secondary N) is 1. The largest absolute Gasteiger partial charge is 0.327 e. The average molecular weight is 205 g/mol. The average Bonchev–Trinajstić information content (AvgIpc) is 2.04. The number of hydrogen-bond acceptors (Lipinski definition) is 4. The van der Waals surface area contributed by atoms with Gasteiger partial charge in [-0.3, -0.25) is 10.1 Å². The number of hydrogen-bond donors (Lipinski definition) is 2. The number of thiol groups is 1. The van der Waals surface area contributed by atoms with E-state index < -0.39 is 4.92 Å². The molecule has 0 aliphatic heterocycles. The van der Waals surface area contributed by atoms with Gasteiger partial charge in [0.25, 0.3) is 5.69 Å². The Morgan fingerprint density at radius 3 is 2.75 bits per heavy atom. The van der Waals surface area contributed by atoms with Crippen LogP contribution >= 0.6 is 24.4 Å². The summed E-state index contributed by atoms with van der Waals surface area (Å²) in [6, 6.07) is 4.31. The lowest BCUT2D eigenvalue weighted by Gasteiger charge is -1.99. The van der Waals surface area contributed by atoms with Gasteiger partial charge in [0.15, 0.2) is 0 Å². The predicted octanol–water partition coefficient (Wildman–Crippen LogP) is 2.50. The molecule has 1 aromatic carbocycles. The molecule has 1 rings (SSSR count). The molecule has 12 heavy (non-hydrogen) atoms. The standard InChI is InChI=1S/C6H5ClN2O2S/c7-4-1-2-5(8-12)6(3-4)9(10)11/h1-3,8,12H. The Labute approximate surface area is 79.2 Å². The first-order valence-corrected chi connectivity index (χ1v) is 3.81. The molecule has 0 atom stereocenters. The van der Waals surface area contributed by atoms with E-state index in [0.29, 0.717) is 10.7 Å². The molecule has 1 aromatic rings. The molecule has 0 aliphatic carbocycles. The Morgan fingerprint density at radius 1 is 1.58 bits per heavy atom. The Bertz CT molecular complexity index is 318. The summed E-state index contributed by atoms with van der Waals surface area (Å²) in [6.45, 7) is 0. The molecule has 0 spiro atoms. The predicted molar refractivity (Wildman–Crippen MR) is 50.7 cm³/mol. The maximum absolute atomic E-state index is 10.4. The minimum atomic E-state index is -0.523. The molecule has 0 heterocycles. The van der Waals surface area contributed by atoms with Crippen molar-refractivity contribution in [3.63, 3.8) is 0 Å². The maximum Gasteiger partial charge on any atom is 0.294 e. The molecule has 0 aromatic heterocycles. The van der Waals surface area contributed by atoms with Gasteiger partial charge in [-0.2, -0.15) is 0 Å². The molecule has 6 heteroatoms. The number of rotatable bonds is 2. The molecule has 4 nitrogen and oxygen atoms in total. The van der Waals surface area contributed by atoms with E-state index >= 15 is 0 Å². The molecular weight excluding hydrogens is 200 g/mol. The van der Waals surface area contributed by atoms with Gasteiger partial charge in [0.2, 0.25) is 0 Å². The van der Waals surface area contributed by atoms with Crippen LogP contribution in [0.2, 0.25) is 5.02 Å². The Hall–Kier alpha value is -0.940. The molecule has 0 aliphatic rings. The number of nitrogens with zero attached hydrogens (tertiary/aromatic N) is 1. The monoisotopic (exact) mass is 204 g/mol. The summed E-state index contributed by atoms with van der Waals surface area (Å²) in [7, 11) is 0. The van der Waals surface area contributed by atoms with Crippen LogP contribution in [0.1, 0.15) is 0 Å². The van der Waals surface area contributed by atoms with Crippen molar-refractivity contribution < 1.29 is 4.92 Å². The van der Waals surface area contributed by atoms with Gasteiger partial charge in [0.1, 0.15) is 5.69 Å². The van der Waals surface area contributed by atoms with Crippen LogP contribution in [0.5, 0.6) is 0 Å². The fourth-order valence-electron chi connectivity index (χ4n) is 0.750. The Kier molecular flexibility index (Phi) is 2.78. The summed E-state index contributed by atoms with van der Waals surface area (Å²) >= 11 is 9.27. The first kappa shape index (κ1) is 9.15. The van der Waals surface area contributed by atoms with E-state index in [9.17, 15) is 10.1 Å². The summed E-state index contributed by atoms with van der Waals surface area (Å²) in [4.78, 5) is 9.88. The van der Waals surface area contributed by atoms with Gasteiger partial charge in [-0.1, -0.05) is 24.4 Å². The van der Waals surface area contributed by atoms with Crippen LogP contribution in [0.4, 0.5) is 11.4 Å². The fraction of sp³-hybridized carbons (Fsp3) is 0. The molecule has 0 bridgehead atoms. The molecule has 0 amide bonds. The van der Waals surface area contributed by atoms with Gasteiger partial charge in [-0.25, -0.2) is 0 Å². The van der Waals surface area contributed by atoms with E-state index in [1.54, 1.807) is 6.07 Å². The fourth-order valence-corrected chi connectivity index (χ4v) is 1.11. The van der Waals surface area contributed by atoms with Gasteiger partial charge >= 0.3 is 0 Å². The highest BCUT2D eigenvalue weighted by Crippen LogP contribution is 2.27. The third-order valence-electron chi connectivity index (χ3n) is 1.28. The zero-order valence-electron chi connectivity index (χ0n) is 5.82. The van der Waals surface area contributed by atoms with Crippen molar-refractivity contribution in [2.24, 2.45) is 0 Å². The number of halogens is 1. The second kappa shape index (κ2) is 3.64. The lowest BCUT2D eigenvalue weighted by molar-refractivity contribution is -0.383. The van der Waals surface area contributed by atoms with Gasteiger partial charge in [-0.05, 0) is 12.1 Å². The minimum Gasteiger partial charge on any atom is -0.327 e. The second-order valence-corrected chi connectivity index (χ2v) is 2.69. The van der Waals surface area contributed by atoms with Crippen LogP contribution in [-0.4, -0.2) is 4.92 Å². The number of nitro groups is 1. The third kappa shape index (κ3) is 1.80. The highest BCUT2D eigenvalue weighted by Gasteiger charge is 2.12. The molecule has 0 saturated heterocycles. The smallest absolute Gasteiger partial charge is 0.294 e. The zero-order chi connectivity index (χ0) is 9.14. The Morgan fingerprint density at radius 2 is 2.25 bits per heavy atom. The minimum absolute atomic E-state index is 0.0856. The number of nitro benzene ring substituents is 1. The SMILES string of the molecule is O=[N+]([O-])c1cc(Cl)ccc1NS. The molecule has 0 saturated carbocycles. The third-order valence-corrected chi connectivity index (χ3v) is 1.75. The van der Waals surface area contributed by atoms with E-state index in [1.807, 2.05) is 0 Å². The topological polar surface area (TPSA) is 55.2 Å². The quantitative estimate of drug-likeness (QED) is 0.442. The lowest BCUT2D eigenvalue weighted by atomic mass is 10.3. The van der Waals surface area contributed by atoms with Crippen molar-refractivity contribution >= 4 is 35.8 Å². The van der Waals surface area contributed by atoms with E-state index in [2.05, 4.69) is 17.5 Å². The maximum atomic E-state index is 10.4. The van der Waals surface area contributed by atoms with Crippen LogP contribution in [0.25, 0.3) is 0 Å². The van der Waals surface area contributed by atoms with E-state index in [0.717, 1.165) is 0 Å². The van der Waals surface area contributed by atoms with Crippen molar-refractivity contribution in [1.29, 1.82) is 0 Å². The van der Waals surface area contributed by atoms with Crippen LogP contribution < -0.4 is 4.72 Å². The molecule has 0 radical (unpaired) electrons. The molecule has 0 fully saturated rings. The summed E-state index contributed by atoms with van der Waals surface area (Å²) in [5.74, 6) is 0. The number of benzene rings is 1. The molecule has 1 N–H and O–H groups in total. The highest BCUT2D eigenvalue weighted by atomic mass is 35.5. The van der Waals surface area contributed by atoms with Crippen LogP contribution in [-0.2, 0) is 0 Å². The van der Waals surface area contributed by atoms with Gasteiger partial charge in [-0.15, -0.1) is 0 Å². The van der Waals surface area contributed by atoms with Crippen LogP contribution in [0.3, 0.4) is 0 Å². The van der Waals surface area contributed by atoms with Crippen molar-refractivity contribution in [2.45, 2.75) is 0 Å². The van der Waals surface area contributed by atoms with Crippen molar-refractivity contribution in [1.82, 2.24) is 0 Å².